The van der Waals surface area contributed by atoms with Crippen molar-refractivity contribution >= 4 is 23.4 Å². The summed E-state index contributed by atoms with van der Waals surface area (Å²) in [5, 5.41) is 5.91. The van der Waals surface area contributed by atoms with Crippen molar-refractivity contribution in [3.8, 4) is 0 Å². The molecule has 3 aromatic carbocycles. The van der Waals surface area contributed by atoms with Crippen LogP contribution in [0.15, 0.2) is 49.0 Å². The maximum atomic E-state index is 4.26. The molecule has 0 unspecified atom stereocenters. The van der Waals surface area contributed by atoms with Gasteiger partial charge in [0, 0.05) is 19.2 Å². The van der Waals surface area contributed by atoms with Crippen molar-refractivity contribution in [1.29, 1.82) is 0 Å². The minimum absolute atomic E-state index is 0.920. The van der Waals surface area contributed by atoms with Crippen molar-refractivity contribution in [3.63, 3.8) is 0 Å². The minimum Gasteiger partial charge on any atom is -0.388 e. The van der Waals surface area contributed by atoms with Gasteiger partial charge >= 0.3 is 0 Å². The van der Waals surface area contributed by atoms with Crippen LogP contribution in [0.25, 0.3) is 17.7 Å². The number of allylic oxidation sites excluding steroid dienone is 1. The first-order valence-corrected chi connectivity index (χ1v) is 10.2. The van der Waals surface area contributed by atoms with Crippen LogP contribution in [-0.4, -0.2) is 7.05 Å². The fourth-order valence-electron chi connectivity index (χ4n) is 4.60. The second-order valence-electron chi connectivity index (χ2n) is 8.28. The van der Waals surface area contributed by atoms with Crippen molar-refractivity contribution in [1.82, 2.24) is 0 Å². The molecule has 0 atom stereocenters. The van der Waals surface area contributed by atoms with Crippen LogP contribution in [0, 0.1) is 20.8 Å². The highest BCUT2D eigenvalue weighted by molar-refractivity contribution is 5.91. The zero-order valence-corrected chi connectivity index (χ0v) is 18.2. The molecule has 146 valence electrons. The van der Waals surface area contributed by atoms with Crippen LogP contribution in [0.1, 0.15) is 51.4 Å². The predicted octanol–water partition coefficient (Wildman–Crippen LogP) is 5.25. The Kier molecular flexibility index (Phi) is 4.70. The average molecular weight is 380 g/mol. The van der Waals surface area contributed by atoms with E-state index < -0.39 is 0 Å². The summed E-state index contributed by atoms with van der Waals surface area (Å²) >= 11 is 0. The number of nitrogens with one attached hydrogen (secondary N) is 1. The lowest BCUT2D eigenvalue weighted by Crippen LogP contribution is -2.26. The minimum atomic E-state index is 0.920. The van der Waals surface area contributed by atoms with E-state index >= 15 is 0 Å². The van der Waals surface area contributed by atoms with Gasteiger partial charge in [0.05, 0.1) is 0 Å². The van der Waals surface area contributed by atoms with E-state index in [1.165, 1.54) is 61.0 Å². The van der Waals surface area contributed by atoms with Crippen molar-refractivity contribution < 1.29 is 0 Å². The van der Waals surface area contributed by atoms with E-state index in [1.807, 2.05) is 7.05 Å². The topological polar surface area (TPSA) is 12.0 Å². The molecule has 0 amide bonds. The lowest BCUT2D eigenvalue weighted by Gasteiger charge is -2.27. The van der Waals surface area contributed by atoms with Crippen molar-refractivity contribution in [2.75, 3.05) is 12.4 Å². The van der Waals surface area contributed by atoms with Gasteiger partial charge in [0.15, 0.2) is 0 Å². The summed E-state index contributed by atoms with van der Waals surface area (Å²) in [5.41, 5.74) is 14.0. The SMILES string of the molecule is C=C(C)c1ccccc1C1=c2cc(C)c(=C)cc2Cc2c1cc(C)c(C)c2NC. The van der Waals surface area contributed by atoms with E-state index in [9.17, 15) is 0 Å². The molecule has 0 saturated carbocycles. The van der Waals surface area contributed by atoms with Crippen LogP contribution in [0.5, 0.6) is 0 Å². The predicted molar refractivity (Wildman–Crippen MR) is 127 cm³/mol. The fraction of sp³-hybridized carbons (Fsp3) is 0.214. The summed E-state index contributed by atoms with van der Waals surface area (Å²) in [6.45, 7) is 17.2. The largest absolute Gasteiger partial charge is 0.388 e. The molecule has 1 heteroatoms. The number of hydrogen-bond acceptors (Lipinski definition) is 1. The van der Waals surface area contributed by atoms with E-state index in [2.05, 4.69) is 88.6 Å². The number of benzene rings is 3. The highest BCUT2D eigenvalue weighted by Gasteiger charge is 2.24. The molecule has 1 nitrogen and oxygen atoms in total. The van der Waals surface area contributed by atoms with Gasteiger partial charge < -0.3 is 5.32 Å². The van der Waals surface area contributed by atoms with Crippen LogP contribution in [0.4, 0.5) is 5.69 Å². The summed E-state index contributed by atoms with van der Waals surface area (Å²) in [6.07, 6.45) is 0.920. The number of anilines is 1. The summed E-state index contributed by atoms with van der Waals surface area (Å²) in [4.78, 5) is 0. The number of rotatable bonds is 3. The monoisotopic (exact) mass is 379 g/mol. The first-order valence-electron chi connectivity index (χ1n) is 10.2. The van der Waals surface area contributed by atoms with Gasteiger partial charge in [-0.15, -0.1) is 0 Å². The molecule has 0 aromatic heterocycles. The number of hydrogen-bond donors (Lipinski definition) is 1. The molecule has 0 saturated heterocycles. The fourth-order valence-corrected chi connectivity index (χ4v) is 4.60. The third-order valence-electron chi connectivity index (χ3n) is 6.33. The Labute approximate surface area is 174 Å². The lowest BCUT2D eigenvalue weighted by molar-refractivity contribution is 1.10. The smallest absolute Gasteiger partial charge is 0.0412 e. The van der Waals surface area contributed by atoms with Gasteiger partial charge in [-0.2, -0.15) is 0 Å². The molecular formula is C28H29N. The zero-order valence-electron chi connectivity index (χ0n) is 18.2. The second kappa shape index (κ2) is 7.08. The Balaban J connectivity index is 2.23. The van der Waals surface area contributed by atoms with Crippen LogP contribution in [0.3, 0.4) is 0 Å². The second-order valence-corrected chi connectivity index (χ2v) is 8.28. The molecule has 1 N–H and O–H groups in total. The molecule has 1 aliphatic carbocycles. The standard InChI is InChI=1S/C28H29N/c1-16(2)22-10-8-9-11-23(22)27-24-13-18(4)17(3)12-21(24)15-26-25(27)14-19(5)20(6)28(26)29-7/h8-14,29H,1,3,15H2,2,4-7H3. The van der Waals surface area contributed by atoms with Crippen molar-refractivity contribution in [2.45, 2.75) is 34.1 Å². The molecule has 3 aromatic rings. The molecule has 0 heterocycles. The van der Waals surface area contributed by atoms with Crippen molar-refractivity contribution in [3.05, 3.63) is 104 Å². The molecule has 0 radical (unpaired) electrons. The Hall–Kier alpha value is -3.06. The first-order chi connectivity index (χ1) is 13.8. The van der Waals surface area contributed by atoms with Crippen molar-refractivity contribution in [2.24, 2.45) is 0 Å². The van der Waals surface area contributed by atoms with Gasteiger partial charge in [-0.05, 0) is 88.2 Å². The van der Waals surface area contributed by atoms with E-state index in [0.29, 0.717) is 0 Å². The zero-order chi connectivity index (χ0) is 20.9. The summed E-state index contributed by atoms with van der Waals surface area (Å²) in [6, 6.07) is 15.6. The lowest BCUT2D eigenvalue weighted by atomic mass is 9.78. The van der Waals surface area contributed by atoms with Crippen LogP contribution >= 0.6 is 0 Å². The molecule has 29 heavy (non-hydrogen) atoms. The maximum Gasteiger partial charge on any atom is 0.0412 e. The van der Waals surface area contributed by atoms with E-state index in [1.54, 1.807) is 0 Å². The van der Waals surface area contributed by atoms with Gasteiger partial charge in [-0.25, -0.2) is 0 Å². The van der Waals surface area contributed by atoms with Gasteiger partial charge in [-0.1, -0.05) is 61.2 Å². The molecular weight excluding hydrogens is 350 g/mol. The molecule has 0 spiro atoms. The molecule has 0 bridgehead atoms. The molecule has 0 aliphatic heterocycles. The third kappa shape index (κ3) is 3.02. The van der Waals surface area contributed by atoms with E-state index in [4.69, 9.17) is 0 Å². The normalized spacial score (nSPS) is 12.4. The number of fused-ring (bicyclic) bond motifs is 2. The third-order valence-corrected chi connectivity index (χ3v) is 6.33. The summed E-state index contributed by atoms with van der Waals surface area (Å²) in [5.74, 6) is 0. The molecule has 4 rings (SSSR count). The van der Waals surface area contributed by atoms with Gasteiger partial charge in [-0.3, -0.25) is 0 Å². The maximum absolute atomic E-state index is 4.26. The van der Waals surface area contributed by atoms with Gasteiger partial charge in [0.1, 0.15) is 0 Å². The van der Waals surface area contributed by atoms with Gasteiger partial charge in [0.2, 0.25) is 0 Å². The highest BCUT2D eigenvalue weighted by Crippen LogP contribution is 2.38. The Morgan fingerprint density at radius 1 is 0.966 bits per heavy atom. The Morgan fingerprint density at radius 3 is 2.38 bits per heavy atom. The van der Waals surface area contributed by atoms with Crippen LogP contribution < -0.4 is 15.8 Å². The van der Waals surface area contributed by atoms with Gasteiger partial charge in [0.25, 0.3) is 0 Å². The summed E-state index contributed by atoms with van der Waals surface area (Å²) in [7, 11) is 2.03. The highest BCUT2D eigenvalue weighted by atomic mass is 14.8. The molecule has 0 fully saturated rings. The summed E-state index contributed by atoms with van der Waals surface area (Å²) < 4.78 is 0. The quantitative estimate of drug-likeness (QED) is 0.513. The number of aryl methyl sites for hydroxylation is 2. The molecule has 1 aliphatic rings. The average Bonchev–Trinajstić information content (AvgIpc) is 2.69. The van der Waals surface area contributed by atoms with E-state index in [-0.39, 0.29) is 0 Å². The van der Waals surface area contributed by atoms with Crippen LogP contribution in [0.2, 0.25) is 0 Å². The first kappa shape index (κ1) is 19.3. The van der Waals surface area contributed by atoms with Crippen LogP contribution in [-0.2, 0) is 6.42 Å². The Morgan fingerprint density at radius 2 is 1.69 bits per heavy atom. The van der Waals surface area contributed by atoms with E-state index in [0.717, 1.165) is 17.2 Å². The Bertz CT molecular complexity index is 1270.